The lowest BCUT2D eigenvalue weighted by molar-refractivity contribution is -0.143. The first kappa shape index (κ1) is 26.8. The van der Waals surface area contributed by atoms with Crippen LogP contribution in [0.1, 0.15) is 27.0 Å². The van der Waals surface area contributed by atoms with Crippen LogP contribution in [0.25, 0.3) is 0 Å². The number of anilines is 1. The third kappa shape index (κ3) is 5.54. The highest BCUT2D eigenvalue weighted by atomic mass is 32.2. The third-order valence-electron chi connectivity index (χ3n) is 4.74. The quantitative estimate of drug-likeness (QED) is 0.292. The number of hydrogen-bond donors (Lipinski definition) is 2. The van der Waals surface area contributed by atoms with Crippen molar-refractivity contribution in [2.75, 3.05) is 4.47 Å². The van der Waals surface area contributed by atoms with Gasteiger partial charge in [-0.2, -0.15) is 34.8 Å². The first-order valence-electron chi connectivity index (χ1n) is 9.66. The van der Waals surface area contributed by atoms with Crippen molar-refractivity contribution in [2.24, 2.45) is 0 Å². The summed E-state index contributed by atoms with van der Waals surface area (Å²) in [5, 5.41) is 19.8. The second-order valence-corrected chi connectivity index (χ2v) is 9.13. The molecule has 3 aromatic carbocycles. The maximum absolute atomic E-state index is 13.2. The Morgan fingerprint density at radius 1 is 0.861 bits per heavy atom. The lowest BCUT2D eigenvalue weighted by Gasteiger charge is -2.22. The summed E-state index contributed by atoms with van der Waals surface area (Å²) in [6, 6.07) is 8.33. The van der Waals surface area contributed by atoms with Crippen LogP contribution in [0.5, 0.6) is 11.5 Å². The van der Waals surface area contributed by atoms with E-state index in [0.717, 1.165) is 12.1 Å². The summed E-state index contributed by atoms with van der Waals surface area (Å²) < 4.78 is 110. The van der Waals surface area contributed by atoms with Gasteiger partial charge in [-0.3, -0.25) is 5.21 Å². The molecule has 7 nitrogen and oxygen atoms in total. The number of carboxylic acid groups (broad SMARTS) is 1. The van der Waals surface area contributed by atoms with E-state index in [-0.39, 0.29) is 29.5 Å². The molecular formula is C22H15F6NO6S. The van der Waals surface area contributed by atoms with Crippen molar-refractivity contribution in [3.05, 3.63) is 82.9 Å². The van der Waals surface area contributed by atoms with Crippen molar-refractivity contribution < 1.29 is 54.6 Å². The first-order chi connectivity index (χ1) is 16.5. The Kier molecular flexibility index (Phi) is 6.97. The van der Waals surface area contributed by atoms with Crippen molar-refractivity contribution in [1.29, 1.82) is 0 Å². The van der Waals surface area contributed by atoms with Gasteiger partial charge in [0.15, 0.2) is 5.75 Å². The zero-order chi connectivity index (χ0) is 27.1. The molecule has 14 heteroatoms. The van der Waals surface area contributed by atoms with E-state index < -0.39 is 60.3 Å². The topological polar surface area (TPSA) is 104 Å². The molecule has 0 aliphatic heterocycles. The van der Waals surface area contributed by atoms with Gasteiger partial charge in [-0.15, -0.1) is 4.47 Å². The maximum atomic E-state index is 13.2. The minimum atomic E-state index is -5.42. The van der Waals surface area contributed by atoms with Crippen molar-refractivity contribution in [2.45, 2.75) is 24.2 Å². The number of benzene rings is 3. The highest BCUT2D eigenvalue weighted by molar-refractivity contribution is 7.92. The predicted octanol–water partition coefficient (Wildman–Crippen LogP) is 6.11. The van der Waals surface area contributed by atoms with Crippen LogP contribution in [0.2, 0.25) is 0 Å². The van der Waals surface area contributed by atoms with Gasteiger partial charge in [-0.05, 0) is 55.0 Å². The predicted molar refractivity (Wildman–Crippen MR) is 113 cm³/mol. The van der Waals surface area contributed by atoms with Crippen LogP contribution < -0.4 is 9.21 Å². The number of aromatic carboxylic acids is 1. The van der Waals surface area contributed by atoms with Crippen molar-refractivity contribution >= 4 is 21.7 Å². The molecule has 0 saturated heterocycles. The molecule has 2 N–H and O–H groups in total. The smallest absolute Gasteiger partial charge is 0.416 e. The standard InChI is InChI=1S/C22H15F6NO6S/c1-12-6-7-19(35-18-5-3-2-4-16(18)20(30)31)17(8-12)29(32)36(33,34)15-10-13(21(23,24)25)9-14(11-15)22(26,27)28/h2-11,32H,1H3,(H,30,31). The zero-order valence-corrected chi connectivity index (χ0v) is 18.7. The molecule has 192 valence electrons. The van der Waals surface area contributed by atoms with Crippen LogP contribution in [0.4, 0.5) is 32.0 Å². The van der Waals surface area contributed by atoms with E-state index in [4.69, 9.17) is 4.74 Å². The molecule has 0 amide bonds. The fraction of sp³-hybridized carbons (Fsp3) is 0.136. The Morgan fingerprint density at radius 3 is 1.94 bits per heavy atom. The molecule has 3 rings (SSSR count). The van der Waals surface area contributed by atoms with E-state index in [1.165, 1.54) is 37.3 Å². The van der Waals surface area contributed by atoms with E-state index in [9.17, 15) is 49.9 Å². The van der Waals surface area contributed by atoms with Crippen LogP contribution >= 0.6 is 0 Å². The number of carbonyl (C=O) groups is 1. The first-order valence-corrected chi connectivity index (χ1v) is 11.1. The molecular weight excluding hydrogens is 520 g/mol. The number of halogens is 6. The molecule has 0 aliphatic rings. The summed E-state index contributed by atoms with van der Waals surface area (Å²) in [6.45, 7) is 1.45. The Balaban J connectivity index is 2.16. The van der Waals surface area contributed by atoms with Gasteiger partial charge in [0, 0.05) is 0 Å². The van der Waals surface area contributed by atoms with E-state index in [0.29, 0.717) is 5.56 Å². The van der Waals surface area contributed by atoms with Crippen LogP contribution in [0, 0.1) is 6.92 Å². The number of nitrogens with zero attached hydrogens (tertiary/aromatic N) is 1. The van der Waals surface area contributed by atoms with E-state index in [2.05, 4.69) is 0 Å². The normalized spacial score (nSPS) is 12.3. The van der Waals surface area contributed by atoms with Gasteiger partial charge in [0.25, 0.3) is 10.0 Å². The summed E-state index contributed by atoms with van der Waals surface area (Å²) in [7, 11) is -5.42. The second kappa shape index (κ2) is 9.35. The molecule has 0 aliphatic carbocycles. The van der Waals surface area contributed by atoms with Gasteiger partial charge < -0.3 is 9.84 Å². The summed E-state index contributed by atoms with van der Waals surface area (Å²) >= 11 is 0. The minimum absolute atomic E-state index is 0.0517. The van der Waals surface area contributed by atoms with Gasteiger partial charge in [0.05, 0.1) is 16.0 Å². The van der Waals surface area contributed by atoms with E-state index in [1.807, 2.05) is 0 Å². The Hall–Kier alpha value is -3.78. The van der Waals surface area contributed by atoms with Gasteiger partial charge in [0.1, 0.15) is 17.0 Å². The van der Waals surface area contributed by atoms with Gasteiger partial charge in [0.2, 0.25) is 0 Å². The Labute approximate surface area is 199 Å². The second-order valence-electron chi connectivity index (χ2n) is 7.36. The number of para-hydroxylation sites is 1. The molecule has 36 heavy (non-hydrogen) atoms. The van der Waals surface area contributed by atoms with E-state index in [1.54, 1.807) is 0 Å². The fourth-order valence-electron chi connectivity index (χ4n) is 3.02. The Bertz CT molecular complexity index is 1390. The van der Waals surface area contributed by atoms with Crippen LogP contribution in [0.15, 0.2) is 65.6 Å². The van der Waals surface area contributed by atoms with Crippen molar-refractivity contribution in [1.82, 2.24) is 0 Å². The Morgan fingerprint density at radius 2 is 1.42 bits per heavy atom. The molecule has 0 unspecified atom stereocenters. The van der Waals surface area contributed by atoms with E-state index >= 15 is 0 Å². The number of alkyl halides is 6. The number of ether oxygens (including phenoxy) is 1. The molecule has 0 aromatic heterocycles. The van der Waals surface area contributed by atoms with Crippen LogP contribution in [-0.4, -0.2) is 24.7 Å². The summed E-state index contributed by atoms with van der Waals surface area (Å²) in [5.74, 6) is -2.14. The van der Waals surface area contributed by atoms with Crippen LogP contribution in [0.3, 0.4) is 0 Å². The molecule has 0 fully saturated rings. The van der Waals surface area contributed by atoms with Crippen LogP contribution in [-0.2, 0) is 22.4 Å². The van der Waals surface area contributed by atoms with Crippen molar-refractivity contribution in [3.8, 4) is 11.5 Å². The third-order valence-corrected chi connectivity index (χ3v) is 6.23. The summed E-state index contributed by atoms with van der Waals surface area (Å²) in [5.41, 5.74) is -4.52. The highest BCUT2D eigenvalue weighted by Gasteiger charge is 2.39. The molecule has 0 radical (unpaired) electrons. The molecule has 0 saturated carbocycles. The number of hydrogen-bond acceptors (Lipinski definition) is 5. The maximum Gasteiger partial charge on any atom is 0.416 e. The molecule has 3 aromatic rings. The average molecular weight is 535 g/mol. The molecule has 0 atom stereocenters. The number of carboxylic acids is 1. The number of sulfonamides is 1. The molecule has 0 spiro atoms. The lowest BCUT2D eigenvalue weighted by Crippen LogP contribution is -2.28. The van der Waals surface area contributed by atoms with Gasteiger partial charge >= 0.3 is 18.3 Å². The van der Waals surface area contributed by atoms with Gasteiger partial charge in [-0.25, -0.2) is 4.79 Å². The summed E-state index contributed by atoms with van der Waals surface area (Å²) in [6.07, 6.45) is -10.7. The molecule has 0 heterocycles. The van der Waals surface area contributed by atoms with Gasteiger partial charge in [-0.1, -0.05) is 18.2 Å². The lowest BCUT2D eigenvalue weighted by atomic mass is 10.1. The largest absolute Gasteiger partial charge is 0.478 e. The highest BCUT2D eigenvalue weighted by Crippen LogP contribution is 2.40. The number of rotatable bonds is 6. The number of aryl methyl sites for hydroxylation is 1. The zero-order valence-electron chi connectivity index (χ0n) is 17.9. The SMILES string of the molecule is Cc1ccc(Oc2ccccc2C(=O)O)c(N(O)S(=O)(=O)c2cc(C(F)(F)F)cc(C(F)(F)F)c2)c1. The molecule has 0 bridgehead atoms. The minimum Gasteiger partial charge on any atom is -0.478 e. The monoisotopic (exact) mass is 535 g/mol. The summed E-state index contributed by atoms with van der Waals surface area (Å²) in [4.78, 5) is 9.94. The fourth-order valence-corrected chi connectivity index (χ4v) is 4.17. The van der Waals surface area contributed by atoms with Crippen molar-refractivity contribution in [3.63, 3.8) is 0 Å². The average Bonchev–Trinajstić information content (AvgIpc) is 2.78.